The summed E-state index contributed by atoms with van der Waals surface area (Å²) in [6.45, 7) is 3.83. The molecule has 2 aromatic carbocycles. The summed E-state index contributed by atoms with van der Waals surface area (Å²) >= 11 is 6.18. The Morgan fingerprint density at radius 1 is 1.06 bits per heavy atom. The number of aromatic nitrogens is 1. The van der Waals surface area contributed by atoms with E-state index in [9.17, 15) is 24.8 Å². The highest BCUT2D eigenvalue weighted by Gasteiger charge is 2.33. The summed E-state index contributed by atoms with van der Waals surface area (Å²) in [5.74, 6) is -1.37. The summed E-state index contributed by atoms with van der Waals surface area (Å²) in [6, 6.07) is 11.1. The van der Waals surface area contributed by atoms with Gasteiger partial charge in [-0.05, 0) is 25.5 Å². The van der Waals surface area contributed by atoms with Crippen molar-refractivity contribution in [3.05, 3.63) is 85.2 Å². The van der Waals surface area contributed by atoms with Gasteiger partial charge in [0, 0.05) is 23.2 Å². The molecule has 4 rings (SSSR count). The largest absolute Gasteiger partial charge is 0.492 e. The van der Waals surface area contributed by atoms with Gasteiger partial charge in [-0.15, -0.1) is 10.2 Å². The van der Waals surface area contributed by atoms with Gasteiger partial charge in [0.05, 0.1) is 21.8 Å². The quantitative estimate of drug-likeness (QED) is 0.291. The van der Waals surface area contributed by atoms with Gasteiger partial charge in [0.25, 0.3) is 5.56 Å². The second-order valence-electron chi connectivity index (χ2n) is 7.91. The summed E-state index contributed by atoms with van der Waals surface area (Å²) in [4.78, 5) is 39.4. The van der Waals surface area contributed by atoms with Gasteiger partial charge < -0.3 is 10.5 Å². The molecular formula is C25H20ClN5O4. The Hall–Kier alpha value is -4.29. The number of fused-ring (bicyclic) bond motifs is 2. The number of nitrogens with zero attached hydrogens (tertiary/aromatic N) is 4. The van der Waals surface area contributed by atoms with Crippen molar-refractivity contribution in [3.8, 4) is 11.9 Å². The fourth-order valence-electron chi connectivity index (χ4n) is 3.89. The molecule has 0 fully saturated rings. The Balaban J connectivity index is 1.84. The highest BCUT2D eigenvalue weighted by Crippen LogP contribution is 2.37. The molecule has 2 N–H and O–H groups in total. The molecule has 0 atom stereocenters. The SMILES string of the molecule is CCCCNn1c(O)c(C#N)c(C)c(N=Nc2cccc3c2C(=O)c2cccc(Cl)c2C3=O)c1=O. The Kier molecular flexibility index (Phi) is 6.49. The topological polar surface area (TPSA) is 137 Å². The molecule has 0 aliphatic heterocycles. The standard InChI is InChI=1S/C25H20ClN5O4/c1-3-4-11-28-31-24(34)16(12-27)13(2)21(25(31)35)30-29-18-10-6-8-15-20(18)23(33)14-7-5-9-17(26)19(14)22(15)32/h5-10,28,34H,3-4,11H2,1-2H3. The van der Waals surface area contributed by atoms with Gasteiger partial charge in [-0.1, -0.05) is 49.2 Å². The number of nitriles is 1. The summed E-state index contributed by atoms with van der Waals surface area (Å²) in [6.07, 6.45) is 1.59. The van der Waals surface area contributed by atoms with Crippen LogP contribution in [0.5, 0.6) is 5.88 Å². The number of halogens is 1. The van der Waals surface area contributed by atoms with E-state index in [0.717, 1.165) is 17.5 Å². The minimum absolute atomic E-state index is 0.0503. The third-order valence-electron chi connectivity index (χ3n) is 5.74. The number of unbranched alkanes of at least 4 members (excludes halogenated alkanes) is 1. The van der Waals surface area contributed by atoms with Crippen LogP contribution in [0, 0.1) is 18.3 Å². The number of aromatic hydroxyl groups is 1. The molecule has 10 heteroatoms. The van der Waals surface area contributed by atoms with Crippen LogP contribution < -0.4 is 11.0 Å². The van der Waals surface area contributed by atoms with E-state index in [-0.39, 0.29) is 49.8 Å². The molecule has 1 aliphatic carbocycles. The van der Waals surface area contributed by atoms with Crippen LogP contribution in [0.3, 0.4) is 0 Å². The maximum Gasteiger partial charge on any atom is 0.300 e. The summed E-state index contributed by atoms with van der Waals surface area (Å²) in [5, 5.41) is 28.3. The number of ketones is 2. The Labute approximate surface area is 205 Å². The van der Waals surface area contributed by atoms with Crippen LogP contribution in [0.25, 0.3) is 0 Å². The van der Waals surface area contributed by atoms with Gasteiger partial charge in [-0.2, -0.15) is 9.94 Å². The second kappa shape index (κ2) is 9.52. The van der Waals surface area contributed by atoms with Crippen molar-refractivity contribution in [2.24, 2.45) is 10.2 Å². The van der Waals surface area contributed by atoms with Crippen molar-refractivity contribution in [2.45, 2.75) is 26.7 Å². The molecule has 1 aromatic heterocycles. The number of carbonyl (C=O) groups excluding carboxylic acids is 2. The molecular weight excluding hydrogens is 470 g/mol. The Morgan fingerprint density at radius 2 is 1.71 bits per heavy atom. The predicted octanol–water partition coefficient (Wildman–Crippen LogP) is 4.92. The molecule has 0 radical (unpaired) electrons. The number of hydrogen-bond acceptors (Lipinski definition) is 8. The summed E-state index contributed by atoms with van der Waals surface area (Å²) in [5.41, 5.74) is 2.47. The molecule has 0 unspecified atom stereocenters. The Morgan fingerprint density at radius 3 is 2.40 bits per heavy atom. The molecule has 0 saturated heterocycles. The molecule has 0 saturated carbocycles. The molecule has 0 amide bonds. The molecule has 1 aliphatic rings. The first-order valence-corrected chi connectivity index (χ1v) is 11.2. The highest BCUT2D eigenvalue weighted by atomic mass is 35.5. The van der Waals surface area contributed by atoms with Crippen LogP contribution >= 0.6 is 11.6 Å². The lowest BCUT2D eigenvalue weighted by Crippen LogP contribution is -2.30. The maximum absolute atomic E-state index is 13.3. The van der Waals surface area contributed by atoms with Crippen molar-refractivity contribution in [1.82, 2.24) is 4.68 Å². The number of pyridine rings is 1. The van der Waals surface area contributed by atoms with Crippen molar-refractivity contribution in [2.75, 3.05) is 12.0 Å². The molecule has 9 nitrogen and oxygen atoms in total. The van der Waals surface area contributed by atoms with Crippen molar-refractivity contribution >= 4 is 34.5 Å². The van der Waals surface area contributed by atoms with E-state index >= 15 is 0 Å². The second-order valence-corrected chi connectivity index (χ2v) is 8.31. The third-order valence-corrected chi connectivity index (χ3v) is 6.06. The monoisotopic (exact) mass is 489 g/mol. The normalized spacial score (nSPS) is 12.4. The van der Waals surface area contributed by atoms with Gasteiger partial charge in [-0.3, -0.25) is 14.4 Å². The molecule has 0 bridgehead atoms. The smallest absolute Gasteiger partial charge is 0.300 e. The van der Waals surface area contributed by atoms with Crippen LogP contribution in [-0.2, 0) is 0 Å². The molecule has 35 heavy (non-hydrogen) atoms. The van der Waals surface area contributed by atoms with E-state index < -0.39 is 23.0 Å². The number of benzene rings is 2. The first kappa shape index (κ1) is 23.9. The van der Waals surface area contributed by atoms with Crippen LogP contribution in [-0.4, -0.2) is 27.9 Å². The van der Waals surface area contributed by atoms with Crippen molar-refractivity contribution in [3.63, 3.8) is 0 Å². The number of azo groups is 1. The zero-order valence-corrected chi connectivity index (χ0v) is 19.7. The number of hydrogen-bond donors (Lipinski definition) is 2. The first-order chi connectivity index (χ1) is 16.8. The first-order valence-electron chi connectivity index (χ1n) is 10.9. The van der Waals surface area contributed by atoms with Crippen LogP contribution in [0.15, 0.2) is 51.4 Å². The van der Waals surface area contributed by atoms with Crippen molar-refractivity contribution < 1.29 is 14.7 Å². The van der Waals surface area contributed by atoms with Gasteiger partial charge in [-0.25, -0.2) is 0 Å². The molecule has 176 valence electrons. The number of rotatable bonds is 6. The van der Waals surface area contributed by atoms with E-state index in [2.05, 4.69) is 15.7 Å². The summed E-state index contributed by atoms with van der Waals surface area (Å²) < 4.78 is 0.864. The zero-order valence-electron chi connectivity index (χ0n) is 18.9. The lowest BCUT2D eigenvalue weighted by Gasteiger charge is -2.19. The molecule has 3 aromatic rings. The fraction of sp³-hybridized carbons (Fsp3) is 0.200. The fourth-order valence-corrected chi connectivity index (χ4v) is 4.16. The van der Waals surface area contributed by atoms with E-state index in [1.165, 1.54) is 25.1 Å². The van der Waals surface area contributed by atoms with Crippen LogP contribution in [0.2, 0.25) is 5.02 Å². The van der Waals surface area contributed by atoms with Gasteiger partial charge in [0.1, 0.15) is 11.6 Å². The van der Waals surface area contributed by atoms with E-state index in [1.807, 2.05) is 13.0 Å². The minimum atomic E-state index is -0.705. The van der Waals surface area contributed by atoms with Gasteiger partial charge in [0.15, 0.2) is 17.3 Å². The van der Waals surface area contributed by atoms with E-state index in [0.29, 0.717) is 6.54 Å². The van der Waals surface area contributed by atoms with Crippen LogP contribution in [0.4, 0.5) is 11.4 Å². The lowest BCUT2D eigenvalue weighted by atomic mass is 9.83. The highest BCUT2D eigenvalue weighted by molar-refractivity contribution is 6.39. The maximum atomic E-state index is 13.3. The molecule has 1 heterocycles. The van der Waals surface area contributed by atoms with Gasteiger partial charge >= 0.3 is 0 Å². The number of carbonyl (C=O) groups is 2. The van der Waals surface area contributed by atoms with Gasteiger partial charge in [0.2, 0.25) is 5.88 Å². The summed E-state index contributed by atoms with van der Waals surface area (Å²) in [7, 11) is 0. The van der Waals surface area contributed by atoms with Crippen LogP contribution in [0.1, 0.15) is 62.7 Å². The van der Waals surface area contributed by atoms with Crippen molar-refractivity contribution in [1.29, 1.82) is 5.26 Å². The zero-order chi connectivity index (χ0) is 25.3. The predicted molar refractivity (Wildman–Crippen MR) is 130 cm³/mol. The minimum Gasteiger partial charge on any atom is -0.492 e. The van der Waals surface area contributed by atoms with E-state index in [1.54, 1.807) is 18.2 Å². The third kappa shape index (κ3) is 3.98. The Bertz CT molecular complexity index is 1520. The number of nitrogens with one attached hydrogen (secondary N) is 1. The molecule has 0 spiro atoms. The van der Waals surface area contributed by atoms with E-state index in [4.69, 9.17) is 11.6 Å². The average molecular weight is 490 g/mol. The average Bonchev–Trinajstić information content (AvgIpc) is 2.84. The lowest BCUT2D eigenvalue weighted by molar-refractivity contribution is 0.0979.